The fourth-order valence-electron chi connectivity index (χ4n) is 2.28. The van der Waals surface area contributed by atoms with Crippen LogP contribution in [0.2, 0.25) is 0 Å². The summed E-state index contributed by atoms with van der Waals surface area (Å²) in [6.07, 6.45) is 5.85. The molecule has 1 aliphatic heterocycles. The van der Waals surface area contributed by atoms with Crippen molar-refractivity contribution in [3.63, 3.8) is 0 Å². The Bertz CT molecular complexity index is 360. The minimum Gasteiger partial charge on any atom is -0.396 e. The lowest BCUT2D eigenvalue weighted by atomic mass is 10.0. The smallest absolute Gasteiger partial charge is 0.0773 e. The molecule has 94 valence electrons. The fourth-order valence-corrected chi connectivity index (χ4v) is 2.93. The summed E-state index contributed by atoms with van der Waals surface area (Å²) in [7, 11) is 2.06. The maximum Gasteiger partial charge on any atom is 0.0773 e. The van der Waals surface area contributed by atoms with Gasteiger partial charge < -0.3 is 15.4 Å². The summed E-state index contributed by atoms with van der Waals surface area (Å²) in [5.41, 5.74) is 7.69. The first kappa shape index (κ1) is 12.6. The van der Waals surface area contributed by atoms with E-state index in [0.717, 1.165) is 36.3 Å². The van der Waals surface area contributed by atoms with E-state index in [-0.39, 0.29) is 0 Å². The van der Waals surface area contributed by atoms with Crippen LogP contribution in [-0.2, 0) is 4.74 Å². The fraction of sp³-hybridized carbons (Fsp3) is 0.583. The van der Waals surface area contributed by atoms with Crippen LogP contribution < -0.4 is 10.6 Å². The summed E-state index contributed by atoms with van der Waals surface area (Å²) in [5.74, 6) is 0.591. The highest BCUT2D eigenvalue weighted by Crippen LogP contribution is 2.31. The van der Waals surface area contributed by atoms with Gasteiger partial charge in [0.15, 0.2) is 0 Å². The Morgan fingerprint density at radius 1 is 1.59 bits per heavy atom. The van der Waals surface area contributed by atoms with Gasteiger partial charge in [0.2, 0.25) is 0 Å². The molecule has 1 saturated heterocycles. The van der Waals surface area contributed by atoms with E-state index in [0.29, 0.717) is 11.6 Å². The molecule has 0 bridgehead atoms. The van der Waals surface area contributed by atoms with Crippen molar-refractivity contribution in [2.75, 3.05) is 37.4 Å². The van der Waals surface area contributed by atoms with Crippen molar-refractivity contribution < 1.29 is 4.74 Å². The normalized spacial score (nSPS) is 20.2. The van der Waals surface area contributed by atoms with Gasteiger partial charge in [-0.1, -0.05) is 0 Å². The molecule has 0 radical (unpaired) electrons. The van der Waals surface area contributed by atoms with Gasteiger partial charge in [-0.25, -0.2) is 0 Å². The number of hydrogen-bond acceptors (Lipinski definition) is 4. The highest BCUT2D eigenvalue weighted by atomic mass is 79.9. The summed E-state index contributed by atoms with van der Waals surface area (Å²) < 4.78 is 6.44. The van der Waals surface area contributed by atoms with Crippen LogP contribution in [-0.4, -0.2) is 31.8 Å². The van der Waals surface area contributed by atoms with Gasteiger partial charge >= 0.3 is 0 Å². The molecule has 2 heterocycles. The van der Waals surface area contributed by atoms with Crippen LogP contribution in [0.25, 0.3) is 0 Å². The van der Waals surface area contributed by atoms with Crippen molar-refractivity contribution in [3.8, 4) is 0 Å². The number of aromatic nitrogens is 1. The van der Waals surface area contributed by atoms with Crippen LogP contribution in [0.3, 0.4) is 0 Å². The molecule has 17 heavy (non-hydrogen) atoms. The SMILES string of the molecule is CN(CC1CCCOC1)c1c(N)cncc1Br. The Balaban J connectivity index is 2.05. The highest BCUT2D eigenvalue weighted by Gasteiger charge is 2.18. The molecule has 5 heteroatoms. The number of nitrogen functional groups attached to an aromatic ring is 1. The zero-order valence-corrected chi connectivity index (χ0v) is 11.6. The molecule has 1 fully saturated rings. The van der Waals surface area contributed by atoms with Gasteiger partial charge in [0.1, 0.15) is 0 Å². The van der Waals surface area contributed by atoms with Crippen molar-refractivity contribution in [1.29, 1.82) is 0 Å². The number of halogens is 1. The molecule has 2 rings (SSSR count). The van der Waals surface area contributed by atoms with Crippen LogP contribution in [0.15, 0.2) is 16.9 Å². The van der Waals surface area contributed by atoms with Gasteiger partial charge in [-0.3, -0.25) is 4.98 Å². The van der Waals surface area contributed by atoms with Gasteiger partial charge in [0, 0.05) is 26.4 Å². The van der Waals surface area contributed by atoms with Gasteiger partial charge in [0.05, 0.1) is 28.7 Å². The Morgan fingerprint density at radius 3 is 3.06 bits per heavy atom. The molecule has 4 nitrogen and oxygen atoms in total. The van der Waals surface area contributed by atoms with E-state index in [9.17, 15) is 0 Å². The summed E-state index contributed by atoms with van der Waals surface area (Å²) in [5, 5.41) is 0. The van der Waals surface area contributed by atoms with E-state index in [4.69, 9.17) is 10.5 Å². The van der Waals surface area contributed by atoms with Crippen molar-refractivity contribution in [2.45, 2.75) is 12.8 Å². The maximum atomic E-state index is 5.96. The average molecular weight is 300 g/mol. The zero-order chi connectivity index (χ0) is 12.3. The molecule has 2 N–H and O–H groups in total. The molecule has 0 saturated carbocycles. The standard InChI is InChI=1S/C12H18BrN3O/c1-16(7-9-3-2-4-17-8-9)12-10(13)5-15-6-11(12)14/h5-6,9H,2-4,7-8,14H2,1H3. The van der Waals surface area contributed by atoms with Crippen molar-refractivity contribution in [1.82, 2.24) is 4.98 Å². The Kier molecular flexibility index (Phi) is 4.23. The minimum atomic E-state index is 0.591. The van der Waals surface area contributed by atoms with Crippen LogP contribution >= 0.6 is 15.9 Å². The van der Waals surface area contributed by atoms with E-state index in [1.807, 2.05) is 0 Å². The van der Waals surface area contributed by atoms with E-state index in [1.54, 1.807) is 12.4 Å². The number of pyridine rings is 1. The number of anilines is 2. The lowest BCUT2D eigenvalue weighted by Gasteiger charge is -2.29. The van der Waals surface area contributed by atoms with Gasteiger partial charge in [-0.15, -0.1) is 0 Å². The average Bonchev–Trinajstić information content (AvgIpc) is 2.30. The molecule has 0 aromatic carbocycles. The lowest BCUT2D eigenvalue weighted by molar-refractivity contribution is 0.0576. The first-order valence-electron chi connectivity index (χ1n) is 5.86. The van der Waals surface area contributed by atoms with E-state index >= 15 is 0 Å². The van der Waals surface area contributed by atoms with E-state index in [2.05, 4.69) is 32.9 Å². The molecule has 1 aromatic rings. The molecule has 1 atom stereocenters. The number of nitrogens with zero attached hydrogens (tertiary/aromatic N) is 2. The number of hydrogen-bond donors (Lipinski definition) is 1. The van der Waals surface area contributed by atoms with E-state index in [1.165, 1.54) is 6.42 Å². The van der Waals surface area contributed by atoms with Crippen LogP contribution in [0.1, 0.15) is 12.8 Å². The molecule has 0 spiro atoms. The third-order valence-electron chi connectivity index (χ3n) is 3.07. The molecule has 1 unspecified atom stereocenters. The Morgan fingerprint density at radius 2 is 2.41 bits per heavy atom. The second kappa shape index (κ2) is 5.69. The summed E-state index contributed by atoms with van der Waals surface area (Å²) in [4.78, 5) is 6.23. The monoisotopic (exact) mass is 299 g/mol. The molecule has 1 aromatic heterocycles. The molecular weight excluding hydrogens is 282 g/mol. The first-order chi connectivity index (χ1) is 8.18. The molecular formula is C12H18BrN3O. The number of ether oxygens (including phenoxy) is 1. The Hall–Kier alpha value is -0.810. The third kappa shape index (κ3) is 3.10. The topological polar surface area (TPSA) is 51.4 Å². The quantitative estimate of drug-likeness (QED) is 0.930. The summed E-state index contributed by atoms with van der Waals surface area (Å²) in [6, 6.07) is 0. The van der Waals surface area contributed by atoms with E-state index < -0.39 is 0 Å². The summed E-state index contributed by atoms with van der Waals surface area (Å²) >= 11 is 3.50. The lowest BCUT2D eigenvalue weighted by Crippen LogP contribution is -2.31. The second-order valence-electron chi connectivity index (χ2n) is 4.52. The third-order valence-corrected chi connectivity index (χ3v) is 3.65. The summed E-state index contributed by atoms with van der Waals surface area (Å²) in [6.45, 7) is 2.72. The molecule has 1 aliphatic rings. The largest absolute Gasteiger partial charge is 0.396 e. The van der Waals surface area contributed by atoms with Crippen molar-refractivity contribution in [2.24, 2.45) is 5.92 Å². The molecule has 0 amide bonds. The Labute approximate surface area is 110 Å². The highest BCUT2D eigenvalue weighted by molar-refractivity contribution is 9.10. The van der Waals surface area contributed by atoms with Crippen molar-refractivity contribution >= 4 is 27.3 Å². The second-order valence-corrected chi connectivity index (χ2v) is 5.38. The van der Waals surface area contributed by atoms with Gasteiger partial charge in [-0.2, -0.15) is 0 Å². The molecule has 0 aliphatic carbocycles. The maximum absolute atomic E-state index is 5.96. The number of rotatable bonds is 3. The van der Waals surface area contributed by atoms with Crippen LogP contribution in [0.5, 0.6) is 0 Å². The van der Waals surface area contributed by atoms with Gasteiger partial charge in [-0.05, 0) is 34.7 Å². The number of nitrogens with two attached hydrogens (primary N) is 1. The minimum absolute atomic E-state index is 0.591. The van der Waals surface area contributed by atoms with Gasteiger partial charge in [0.25, 0.3) is 0 Å². The van der Waals surface area contributed by atoms with Crippen LogP contribution in [0, 0.1) is 5.92 Å². The van der Waals surface area contributed by atoms with Crippen molar-refractivity contribution in [3.05, 3.63) is 16.9 Å². The zero-order valence-electron chi connectivity index (χ0n) is 10.0. The first-order valence-corrected chi connectivity index (χ1v) is 6.65. The predicted octanol–water partition coefficient (Wildman–Crippen LogP) is 2.29. The predicted molar refractivity (Wildman–Crippen MR) is 73.2 cm³/mol. The van der Waals surface area contributed by atoms with Crippen LogP contribution in [0.4, 0.5) is 11.4 Å².